The van der Waals surface area contributed by atoms with E-state index in [1.165, 1.54) is 0 Å². The summed E-state index contributed by atoms with van der Waals surface area (Å²) in [4.78, 5) is 25.1. The van der Waals surface area contributed by atoms with E-state index >= 15 is 0 Å². The fourth-order valence-corrected chi connectivity index (χ4v) is 2.83. The second-order valence-electron chi connectivity index (χ2n) is 5.40. The van der Waals surface area contributed by atoms with Crippen LogP contribution in [-0.2, 0) is 0 Å². The molecule has 0 unspecified atom stereocenters. The Morgan fingerprint density at radius 2 is 1.12 bits per heavy atom. The number of carbonyl (C=O) groups excluding carboxylic acids is 2. The highest BCUT2D eigenvalue weighted by molar-refractivity contribution is 6.27. The molecule has 0 atom stereocenters. The number of rotatable bonds is 0. The summed E-state index contributed by atoms with van der Waals surface area (Å²) >= 11 is 0. The molecule has 0 fully saturated rings. The van der Waals surface area contributed by atoms with Crippen molar-refractivity contribution in [3.63, 3.8) is 0 Å². The van der Waals surface area contributed by atoms with E-state index in [2.05, 4.69) is 10.6 Å². The summed E-state index contributed by atoms with van der Waals surface area (Å²) in [5.74, 6) is -0.614. The lowest BCUT2D eigenvalue weighted by atomic mass is 10.1. The normalized spacial score (nSPS) is 17.4. The number of nitriles is 2. The van der Waals surface area contributed by atoms with E-state index in [0.29, 0.717) is 33.6 Å². The number of fused-ring (bicyclic) bond motifs is 2. The number of nitrogens with one attached hydrogen (secondary N) is 2. The molecule has 2 aromatic rings. The Bertz CT molecular complexity index is 982. The second-order valence-corrected chi connectivity index (χ2v) is 5.40. The van der Waals surface area contributed by atoms with Crippen molar-refractivity contribution in [2.75, 3.05) is 10.6 Å². The fraction of sp³-hybridized carbons (Fsp3) is 0. The van der Waals surface area contributed by atoms with Gasteiger partial charge in [0.2, 0.25) is 11.6 Å². The standard InChI is InChI=1S/C18H8N4O2/c19-7-9-1-3-11-13(5-9)21-15(17(11)23)16-18(24)12-4-2-10(8-20)6-14(12)22-16/h1-6,21-22H/b16-15+. The summed E-state index contributed by atoms with van der Waals surface area (Å²) < 4.78 is 0. The highest BCUT2D eigenvalue weighted by Crippen LogP contribution is 2.35. The molecule has 0 radical (unpaired) electrons. The molecule has 6 heteroatoms. The van der Waals surface area contributed by atoms with Gasteiger partial charge in [-0.2, -0.15) is 10.5 Å². The minimum Gasteiger partial charge on any atom is -0.350 e. The molecule has 2 N–H and O–H groups in total. The monoisotopic (exact) mass is 312 g/mol. The molecule has 2 aliphatic heterocycles. The molecular weight excluding hydrogens is 304 g/mol. The summed E-state index contributed by atoms with van der Waals surface area (Å²) in [7, 11) is 0. The second kappa shape index (κ2) is 4.80. The van der Waals surface area contributed by atoms with Crippen molar-refractivity contribution in [3.05, 3.63) is 70.0 Å². The zero-order chi connectivity index (χ0) is 16.8. The molecule has 24 heavy (non-hydrogen) atoms. The van der Waals surface area contributed by atoms with Crippen LogP contribution in [0.4, 0.5) is 11.4 Å². The van der Waals surface area contributed by atoms with Crippen LogP contribution in [0.5, 0.6) is 0 Å². The largest absolute Gasteiger partial charge is 0.350 e. The first-order chi connectivity index (χ1) is 11.6. The van der Waals surface area contributed by atoms with Gasteiger partial charge in [0.1, 0.15) is 11.4 Å². The number of hydrogen-bond donors (Lipinski definition) is 2. The number of Topliss-reactive ketones (excluding diaryl/α,β-unsaturated/α-hetero) is 2. The van der Waals surface area contributed by atoms with Gasteiger partial charge in [0.25, 0.3) is 0 Å². The van der Waals surface area contributed by atoms with E-state index in [1.54, 1.807) is 36.4 Å². The summed E-state index contributed by atoms with van der Waals surface area (Å²) in [5, 5.41) is 23.8. The predicted molar refractivity (Wildman–Crippen MR) is 85.2 cm³/mol. The van der Waals surface area contributed by atoms with Crippen LogP contribution in [-0.4, -0.2) is 11.6 Å². The molecule has 0 saturated heterocycles. The van der Waals surface area contributed by atoms with Crippen LogP contribution >= 0.6 is 0 Å². The van der Waals surface area contributed by atoms with Crippen LogP contribution < -0.4 is 10.6 Å². The van der Waals surface area contributed by atoms with Gasteiger partial charge >= 0.3 is 0 Å². The van der Waals surface area contributed by atoms with Crippen molar-refractivity contribution in [3.8, 4) is 12.1 Å². The van der Waals surface area contributed by atoms with Gasteiger partial charge in [-0.3, -0.25) is 9.59 Å². The summed E-state index contributed by atoms with van der Waals surface area (Å²) in [6.45, 7) is 0. The molecule has 0 amide bonds. The first-order valence-electron chi connectivity index (χ1n) is 7.08. The van der Waals surface area contributed by atoms with Gasteiger partial charge in [0.15, 0.2) is 0 Å². The third-order valence-electron chi connectivity index (χ3n) is 4.01. The van der Waals surface area contributed by atoms with Crippen molar-refractivity contribution in [1.82, 2.24) is 0 Å². The van der Waals surface area contributed by atoms with Crippen LogP contribution in [0.15, 0.2) is 47.8 Å². The Morgan fingerprint density at radius 3 is 1.50 bits per heavy atom. The molecule has 6 nitrogen and oxygen atoms in total. The quantitative estimate of drug-likeness (QED) is 0.724. The summed E-state index contributed by atoms with van der Waals surface area (Å²) in [6, 6.07) is 13.4. The molecule has 0 saturated carbocycles. The molecule has 2 aromatic carbocycles. The van der Waals surface area contributed by atoms with Gasteiger partial charge in [0, 0.05) is 11.1 Å². The van der Waals surface area contributed by atoms with E-state index < -0.39 is 0 Å². The smallest absolute Gasteiger partial charge is 0.213 e. The lowest BCUT2D eigenvalue weighted by Crippen LogP contribution is -2.13. The number of allylic oxidation sites excluding steroid dienone is 2. The van der Waals surface area contributed by atoms with Gasteiger partial charge < -0.3 is 10.6 Å². The van der Waals surface area contributed by atoms with E-state index in [4.69, 9.17) is 10.5 Å². The Balaban J connectivity index is 1.80. The van der Waals surface area contributed by atoms with Gasteiger partial charge in [-0.1, -0.05) is 0 Å². The minimum absolute atomic E-state index is 0.153. The maximum atomic E-state index is 12.6. The van der Waals surface area contributed by atoms with Gasteiger partial charge in [-0.05, 0) is 36.4 Å². The minimum atomic E-state index is -0.307. The number of hydrogen-bond acceptors (Lipinski definition) is 6. The third kappa shape index (κ3) is 1.81. The third-order valence-corrected chi connectivity index (χ3v) is 4.01. The number of carbonyl (C=O) groups is 2. The summed E-state index contributed by atoms with van der Waals surface area (Å²) in [6.07, 6.45) is 0. The lowest BCUT2D eigenvalue weighted by Gasteiger charge is -2.03. The van der Waals surface area contributed by atoms with Crippen molar-refractivity contribution < 1.29 is 9.59 Å². The van der Waals surface area contributed by atoms with Crippen LogP contribution in [0.25, 0.3) is 0 Å². The molecular formula is C18H8N4O2. The average Bonchev–Trinajstić information content (AvgIpc) is 3.11. The molecule has 0 aromatic heterocycles. The van der Waals surface area contributed by atoms with Crippen LogP contribution in [0.1, 0.15) is 31.8 Å². The maximum absolute atomic E-state index is 12.6. The SMILES string of the molecule is N#Cc1ccc2c(c1)N/C(=C1/Nc3cc(C#N)ccc3C1=O)C2=O. The Hall–Kier alpha value is -3.90. The van der Waals surface area contributed by atoms with Crippen LogP contribution in [0, 0.1) is 22.7 Å². The first kappa shape index (κ1) is 13.7. The molecule has 0 bridgehead atoms. The van der Waals surface area contributed by atoms with Crippen molar-refractivity contribution >= 4 is 22.9 Å². The van der Waals surface area contributed by atoms with E-state index in [1.807, 2.05) is 12.1 Å². The zero-order valence-corrected chi connectivity index (χ0v) is 12.2. The van der Waals surface area contributed by atoms with Crippen molar-refractivity contribution in [1.29, 1.82) is 10.5 Å². The Morgan fingerprint density at radius 1 is 0.708 bits per heavy atom. The summed E-state index contributed by atoms with van der Waals surface area (Å²) in [5.41, 5.74) is 3.00. The van der Waals surface area contributed by atoms with Crippen molar-refractivity contribution in [2.45, 2.75) is 0 Å². The van der Waals surface area contributed by atoms with E-state index in [9.17, 15) is 9.59 Å². The predicted octanol–water partition coefficient (Wildman–Crippen LogP) is 2.56. The average molecular weight is 312 g/mol. The molecule has 2 aliphatic rings. The molecule has 4 rings (SSSR count). The highest BCUT2D eigenvalue weighted by Gasteiger charge is 2.34. The highest BCUT2D eigenvalue weighted by atomic mass is 16.1. The van der Waals surface area contributed by atoms with Gasteiger partial charge in [-0.25, -0.2) is 0 Å². The van der Waals surface area contributed by atoms with Crippen LogP contribution in [0.2, 0.25) is 0 Å². The molecule has 0 spiro atoms. The number of benzene rings is 2. The van der Waals surface area contributed by atoms with Crippen LogP contribution in [0.3, 0.4) is 0 Å². The zero-order valence-electron chi connectivity index (χ0n) is 12.2. The fourth-order valence-electron chi connectivity index (χ4n) is 2.83. The first-order valence-corrected chi connectivity index (χ1v) is 7.08. The molecule has 0 aliphatic carbocycles. The van der Waals surface area contributed by atoms with Crippen molar-refractivity contribution in [2.24, 2.45) is 0 Å². The van der Waals surface area contributed by atoms with Gasteiger partial charge in [-0.15, -0.1) is 0 Å². The Kier molecular flexibility index (Phi) is 2.75. The van der Waals surface area contributed by atoms with E-state index in [-0.39, 0.29) is 23.0 Å². The lowest BCUT2D eigenvalue weighted by molar-refractivity contribution is 0.101. The number of nitrogens with zero attached hydrogens (tertiary/aromatic N) is 2. The van der Waals surface area contributed by atoms with Gasteiger partial charge in [0.05, 0.1) is 34.6 Å². The topological polar surface area (TPSA) is 106 Å². The Labute approximate surface area is 136 Å². The van der Waals surface area contributed by atoms with E-state index in [0.717, 1.165) is 0 Å². The number of anilines is 2. The molecule has 2 heterocycles. The molecule has 112 valence electrons. The number of ketones is 2. The maximum Gasteiger partial charge on any atom is 0.213 e.